The van der Waals surface area contributed by atoms with Gasteiger partial charge in [0.2, 0.25) is 0 Å². The molecule has 1 atom stereocenters. The van der Waals surface area contributed by atoms with E-state index in [2.05, 4.69) is 10.0 Å². The van der Waals surface area contributed by atoms with Gasteiger partial charge >= 0.3 is 0 Å². The predicted octanol–water partition coefficient (Wildman–Crippen LogP) is -0.866. The van der Waals surface area contributed by atoms with Crippen LogP contribution < -0.4 is 10.0 Å². The van der Waals surface area contributed by atoms with Crippen LogP contribution in [-0.2, 0) is 10.2 Å². The van der Waals surface area contributed by atoms with Gasteiger partial charge in [-0.05, 0) is 25.8 Å². The minimum absolute atomic E-state index is 0.271. The van der Waals surface area contributed by atoms with E-state index >= 15 is 0 Å². The van der Waals surface area contributed by atoms with Crippen molar-refractivity contribution in [3.63, 3.8) is 0 Å². The largest absolute Gasteiger partial charge is 0.319 e. The first kappa shape index (κ1) is 10.4. The standard InChI is InChI=1S/C8H17N3O2S/c1-9-4-7-5-10-14(12,13)11(6-7)8-2-3-8/h7-10H,2-6H2,1H3. The average Bonchev–Trinajstić information content (AvgIpc) is 2.91. The minimum Gasteiger partial charge on any atom is -0.319 e. The maximum absolute atomic E-state index is 11.6. The molecule has 0 spiro atoms. The molecule has 1 saturated heterocycles. The van der Waals surface area contributed by atoms with E-state index in [9.17, 15) is 8.42 Å². The lowest BCUT2D eigenvalue weighted by Crippen LogP contribution is -2.53. The molecule has 1 aliphatic carbocycles. The van der Waals surface area contributed by atoms with E-state index in [-0.39, 0.29) is 6.04 Å². The monoisotopic (exact) mass is 219 g/mol. The lowest BCUT2D eigenvalue weighted by atomic mass is 10.1. The highest BCUT2D eigenvalue weighted by Gasteiger charge is 2.40. The molecular formula is C8H17N3O2S. The van der Waals surface area contributed by atoms with Crippen LogP contribution in [0.15, 0.2) is 0 Å². The summed E-state index contributed by atoms with van der Waals surface area (Å²) >= 11 is 0. The fourth-order valence-electron chi connectivity index (χ4n) is 1.86. The van der Waals surface area contributed by atoms with Crippen molar-refractivity contribution < 1.29 is 8.42 Å². The summed E-state index contributed by atoms with van der Waals surface area (Å²) in [6.07, 6.45) is 2.04. The van der Waals surface area contributed by atoms with E-state index < -0.39 is 10.2 Å². The summed E-state index contributed by atoms with van der Waals surface area (Å²) in [6.45, 7) is 2.10. The van der Waals surface area contributed by atoms with Gasteiger partial charge in [-0.2, -0.15) is 12.7 Å². The summed E-state index contributed by atoms with van der Waals surface area (Å²) in [5, 5.41) is 3.08. The van der Waals surface area contributed by atoms with Crippen LogP contribution in [0, 0.1) is 5.92 Å². The molecule has 2 rings (SSSR count). The Morgan fingerprint density at radius 3 is 2.79 bits per heavy atom. The van der Waals surface area contributed by atoms with Crippen LogP contribution in [0.2, 0.25) is 0 Å². The van der Waals surface area contributed by atoms with Gasteiger partial charge in [-0.3, -0.25) is 0 Å². The third-order valence-electron chi connectivity index (χ3n) is 2.75. The number of hydrogen-bond donors (Lipinski definition) is 2. The van der Waals surface area contributed by atoms with Gasteiger partial charge in [-0.1, -0.05) is 0 Å². The maximum Gasteiger partial charge on any atom is 0.279 e. The molecule has 0 aromatic rings. The maximum atomic E-state index is 11.6. The third kappa shape index (κ3) is 2.08. The molecule has 2 N–H and O–H groups in total. The molecule has 1 saturated carbocycles. The van der Waals surface area contributed by atoms with Gasteiger partial charge in [0.05, 0.1) is 0 Å². The zero-order chi connectivity index (χ0) is 10.2. The fourth-order valence-corrected chi connectivity index (χ4v) is 3.48. The number of nitrogens with zero attached hydrogens (tertiary/aromatic N) is 1. The number of rotatable bonds is 3. The first-order chi connectivity index (χ1) is 6.63. The van der Waals surface area contributed by atoms with Crippen molar-refractivity contribution in [2.75, 3.05) is 26.7 Å². The minimum atomic E-state index is -3.16. The Labute approximate surface area is 85.0 Å². The van der Waals surface area contributed by atoms with Crippen LogP contribution in [-0.4, -0.2) is 45.4 Å². The second-order valence-corrected chi connectivity index (χ2v) is 5.79. The number of hydrogen-bond acceptors (Lipinski definition) is 3. The van der Waals surface area contributed by atoms with Crippen LogP contribution in [0.1, 0.15) is 12.8 Å². The Kier molecular flexibility index (Phi) is 2.79. The molecular weight excluding hydrogens is 202 g/mol. The molecule has 1 unspecified atom stereocenters. The molecule has 0 aromatic heterocycles. The molecule has 14 heavy (non-hydrogen) atoms. The van der Waals surface area contributed by atoms with E-state index in [1.807, 2.05) is 7.05 Å². The van der Waals surface area contributed by atoms with Gasteiger partial charge in [0.1, 0.15) is 0 Å². The first-order valence-corrected chi connectivity index (χ1v) is 6.48. The molecule has 5 nitrogen and oxygen atoms in total. The van der Waals surface area contributed by atoms with Gasteiger partial charge in [0.25, 0.3) is 10.2 Å². The van der Waals surface area contributed by atoms with Crippen LogP contribution in [0.25, 0.3) is 0 Å². The molecule has 1 aliphatic heterocycles. The highest BCUT2D eigenvalue weighted by atomic mass is 32.2. The molecule has 82 valence electrons. The summed E-state index contributed by atoms with van der Waals surface area (Å²) in [5.74, 6) is 0.393. The van der Waals surface area contributed by atoms with E-state index in [1.54, 1.807) is 4.31 Å². The van der Waals surface area contributed by atoms with Gasteiger partial charge in [0.15, 0.2) is 0 Å². The topological polar surface area (TPSA) is 61.4 Å². The zero-order valence-corrected chi connectivity index (χ0v) is 9.18. The van der Waals surface area contributed by atoms with Crippen LogP contribution in [0.5, 0.6) is 0 Å². The molecule has 0 radical (unpaired) electrons. The quantitative estimate of drug-likeness (QED) is 0.649. The van der Waals surface area contributed by atoms with E-state index in [1.165, 1.54) is 0 Å². The number of nitrogens with one attached hydrogen (secondary N) is 2. The average molecular weight is 219 g/mol. The van der Waals surface area contributed by atoms with Gasteiger partial charge in [-0.15, -0.1) is 0 Å². The molecule has 0 aromatic carbocycles. The summed E-state index contributed by atoms with van der Waals surface area (Å²) in [4.78, 5) is 0. The lowest BCUT2D eigenvalue weighted by molar-refractivity contribution is 0.297. The molecule has 2 fully saturated rings. The molecule has 0 bridgehead atoms. The third-order valence-corrected chi connectivity index (χ3v) is 4.34. The van der Waals surface area contributed by atoms with Crippen LogP contribution in [0.3, 0.4) is 0 Å². The van der Waals surface area contributed by atoms with E-state index in [0.29, 0.717) is 19.0 Å². The Balaban J connectivity index is 2.02. The van der Waals surface area contributed by atoms with E-state index in [0.717, 1.165) is 19.4 Å². The van der Waals surface area contributed by atoms with E-state index in [4.69, 9.17) is 0 Å². The summed E-state index contributed by atoms with van der Waals surface area (Å²) in [6, 6.07) is 0.271. The fraction of sp³-hybridized carbons (Fsp3) is 1.00. The molecule has 2 aliphatic rings. The predicted molar refractivity (Wildman–Crippen MR) is 54.1 cm³/mol. The van der Waals surface area contributed by atoms with Crippen molar-refractivity contribution in [1.29, 1.82) is 0 Å². The van der Waals surface area contributed by atoms with Crippen molar-refractivity contribution in [2.24, 2.45) is 5.92 Å². The highest BCUT2D eigenvalue weighted by molar-refractivity contribution is 7.87. The normalized spacial score (nSPS) is 33.1. The SMILES string of the molecule is CNCC1CNS(=O)(=O)N(C2CC2)C1. The van der Waals surface area contributed by atoms with Crippen molar-refractivity contribution >= 4 is 10.2 Å². The smallest absolute Gasteiger partial charge is 0.279 e. The Morgan fingerprint density at radius 2 is 2.21 bits per heavy atom. The van der Waals surface area contributed by atoms with Crippen molar-refractivity contribution in [3.8, 4) is 0 Å². The van der Waals surface area contributed by atoms with Gasteiger partial charge < -0.3 is 5.32 Å². The summed E-state index contributed by atoms with van der Waals surface area (Å²) in [5.41, 5.74) is 0. The van der Waals surface area contributed by atoms with Crippen molar-refractivity contribution in [2.45, 2.75) is 18.9 Å². The Hall–Kier alpha value is -0.170. The van der Waals surface area contributed by atoms with Crippen molar-refractivity contribution in [1.82, 2.24) is 14.3 Å². The van der Waals surface area contributed by atoms with Crippen molar-refractivity contribution in [3.05, 3.63) is 0 Å². The Morgan fingerprint density at radius 1 is 1.50 bits per heavy atom. The summed E-state index contributed by atoms with van der Waals surface area (Å²) < 4.78 is 27.5. The lowest BCUT2D eigenvalue weighted by Gasteiger charge is -2.32. The van der Waals surface area contributed by atoms with Crippen LogP contribution >= 0.6 is 0 Å². The van der Waals surface area contributed by atoms with Crippen LogP contribution in [0.4, 0.5) is 0 Å². The Bertz CT molecular complexity index is 300. The summed E-state index contributed by atoms with van der Waals surface area (Å²) in [7, 11) is -1.26. The molecule has 0 amide bonds. The van der Waals surface area contributed by atoms with Gasteiger partial charge in [0, 0.05) is 25.7 Å². The second kappa shape index (κ2) is 3.77. The first-order valence-electron chi connectivity index (χ1n) is 5.04. The second-order valence-electron chi connectivity index (χ2n) is 4.08. The highest BCUT2D eigenvalue weighted by Crippen LogP contribution is 2.30. The molecule has 6 heteroatoms. The zero-order valence-electron chi connectivity index (χ0n) is 8.36. The molecule has 1 heterocycles. The van der Waals surface area contributed by atoms with Gasteiger partial charge in [-0.25, -0.2) is 4.72 Å².